The maximum atomic E-state index is 12.3. The number of hydrogen-bond donors (Lipinski definition) is 1. The monoisotopic (exact) mass is 386 g/mol. The number of aliphatic hydroxyl groups is 1. The molecular formula is C27H30O2. The van der Waals surface area contributed by atoms with Gasteiger partial charge in [-0.3, -0.25) is 4.79 Å². The van der Waals surface area contributed by atoms with Gasteiger partial charge < -0.3 is 5.11 Å². The van der Waals surface area contributed by atoms with Crippen molar-refractivity contribution in [2.75, 3.05) is 0 Å². The number of aryl methyl sites for hydroxylation is 1. The first kappa shape index (κ1) is 19.9. The second kappa shape index (κ2) is 7.81. The molecule has 0 radical (unpaired) electrons. The number of Topliss-reactive ketones (excluding diaryl/α,β-unsaturated/α-hetero) is 1. The quantitative estimate of drug-likeness (QED) is 0.575. The van der Waals surface area contributed by atoms with Crippen LogP contribution in [0.1, 0.15) is 73.0 Å². The second-order valence-corrected chi connectivity index (χ2v) is 8.81. The molecule has 2 aliphatic carbocycles. The molecule has 29 heavy (non-hydrogen) atoms. The minimum Gasteiger partial charge on any atom is -0.378 e. The van der Waals surface area contributed by atoms with E-state index in [1.165, 1.54) is 16.7 Å². The molecule has 0 saturated heterocycles. The largest absolute Gasteiger partial charge is 0.378 e. The van der Waals surface area contributed by atoms with E-state index in [-0.39, 0.29) is 11.2 Å². The van der Waals surface area contributed by atoms with E-state index in [9.17, 15) is 9.90 Å². The average Bonchev–Trinajstić information content (AvgIpc) is 2.74. The molecule has 3 unspecified atom stereocenters. The number of rotatable bonds is 4. The van der Waals surface area contributed by atoms with Crippen molar-refractivity contribution in [1.29, 1.82) is 0 Å². The van der Waals surface area contributed by atoms with Crippen molar-refractivity contribution in [3.05, 3.63) is 70.8 Å². The van der Waals surface area contributed by atoms with Crippen LogP contribution in [0.5, 0.6) is 0 Å². The van der Waals surface area contributed by atoms with Crippen molar-refractivity contribution in [1.82, 2.24) is 0 Å². The third kappa shape index (κ3) is 3.65. The van der Waals surface area contributed by atoms with Gasteiger partial charge in [0.25, 0.3) is 0 Å². The molecule has 0 bridgehead atoms. The third-order valence-electron chi connectivity index (χ3n) is 7.12. The zero-order valence-electron chi connectivity index (χ0n) is 17.5. The van der Waals surface area contributed by atoms with Gasteiger partial charge in [-0.2, -0.15) is 0 Å². The summed E-state index contributed by atoms with van der Waals surface area (Å²) in [7, 11) is 0. The molecule has 2 aliphatic rings. The zero-order valence-corrected chi connectivity index (χ0v) is 17.5. The summed E-state index contributed by atoms with van der Waals surface area (Å²) in [5, 5.41) is 11.1. The normalized spacial score (nSPS) is 27.9. The van der Waals surface area contributed by atoms with E-state index in [4.69, 9.17) is 0 Å². The van der Waals surface area contributed by atoms with E-state index in [1.54, 1.807) is 0 Å². The fourth-order valence-corrected chi connectivity index (χ4v) is 5.70. The van der Waals surface area contributed by atoms with Crippen LogP contribution >= 0.6 is 0 Å². The van der Waals surface area contributed by atoms with Crippen LogP contribution in [0, 0.1) is 17.8 Å². The van der Waals surface area contributed by atoms with Gasteiger partial charge in [0.1, 0.15) is 5.60 Å². The predicted molar refractivity (Wildman–Crippen MR) is 117 cm³/mol. The van der Waals surface area contributed by atoms with Crippen molar-refractivity contribution in [3.63, 3.8) is 0 Å². The molecular weight excluding hydrogens is 356 g/mol. The lowest BCUT2D eigenvalue weighted by Crippen LogP contribution is -2.50. The maximum Gasteiger partial charge on any atom is 0.162 e. The fourth-order valence-electron chi connectivity index (χ4n) is 5.70. The lowest BCUT2D eigenvalue weighted by atomic mass is 9.52. The Balaban J connectivity index is 1.79. The highest BCUT2D eigenvalue weighted by Crippen LogP contribution is 2.54. The molecule has 150 valence electrons. The minimum atomic E-state index is -0.866. The van der Waals surface area contributed by atoms with Gasteiger partial charge in [-0.05, 0) is 74.1 Å². The van der Waals surface area contributed by atoms with E-state index in [1.807, 2.05) is 19.9 Å². The summed E-state index contributed by atoms with van der Waals surface area (Å²) in [5.41, 5.74) is 4.02. The molecule has 1 N–H and O–H groups in total. The number of carbonyl (C=O) groups excluding carboxylic acids is 1. The van der Waals surface area contributed by atoms with Crippen molar-refractivity contribution < 1.29 is 9.90 Å². The average molecular weight is 387 g/mol. The Kier molecular flexibility index (Phi) is 5.36. The Labute approximate surface area is 174 Å². The molecule has 2 heteroatoms. The van der Waals surface area contributed by atoms with E-state index >= 15 is 0 Å². The molecule has 3 atom stereocenters. The lowest BCUT2D eigenvalue weighted by molar-refractivity contribution is -0.00801. The van der Waals surface area contributed by atoms with Crippen LogP contribution < -0.4 is 0 Å². The highest BCUT2D eigenvalue weighted by Gasteiger charge is 2.51. The molecule has 0 heterocycles. The van der Waals surface area contributed by atoms with Crippen LogP contribution in [-0.4, -0.2) is 16.5 Å². The fraction of sp³-hybridized carbons (Fsp3) is 0.444. The first-order chi connectivity index (χ1) is 14.0. The van der Waals surface area contributed by atoms with Gasteiger partial charge >= 0.3 is 0 Å². The van der Waals surface area contributed by atoms with Gasteiger partial charge in [-0.25, -0.2) is 0 Å². The highest BCUT2D eigenvalue weighted by molar-refractivity contribution is 5.96. The van der Waals surface area contributed by atoms with Crippen molar-refractivity contribution in [2.24, 2.45) is 5.92 Å². The highest BCUT2D eigenvalue weighted by atomic mass is 16.3. The molecule has 0 amide bonds. The number of fused-ring (bicyclic) bond motifs is 3. The summed E-state index contributed by atoms with van der Waals surface area (Å²) in [6, 6.07) is 17.1. The molecule has 2 aromatic rings. The SMILES string of the molecule is CC#CC1(O)CCC2(Cc3ccccc3)c3ccc(C(=O)CC)cc3CCC2C1. The van der Waals surface area contributed by atoms with Gasteiger partial charge in [0.2, 0.25) is 0 Å². The smallest absolute Gasteiger partial charge is 0.162 e. The van der Waals surface area contributed by atoms with Crippen LogP contribution in [0.2, 0.25) is 0 Å². The standard InChI is InChI=1S/C27H30O2/c1-3-14-26(29)15-16-27(18-20-8-6-5-7-9-20)23(19-26)12-10-21-17-22(25(28)4-2)11-13-24(21)27/h5-9,11,13,17,23,29H,4,10,12,15-16,18-19H2,1-2H3. The van der Waals surface area contributed by atoms with Crippen LogP contribution in [0.4, 0.5) is 0 Å². The molecule has 0 aromatic heterocycles. The summed E-state index contributed by atoms with van der Waals surface area (Å²) < 4.78 is 0. The summed E-state index contributed by atoms with van der Waals surface area (Å²) >= 11 is 0. The van der Waals surface area contributed by atoms with Crippen LogP contribution in [0.3, 0.4) is 0 Å². The first-order valence-electron chi connectivity index (χ1n) is 10.9. The lowest BCUT2D eigenvalue weighted by Gasteiger charge is -2.52. The maximum absolute atomic E-state index is 12.3. The molecule has 4 rings (SSSR count). The number of hydrogen-bond acceptors (Lipinski definition) is 2. The van der Waals surface area contributed by atoms with E-state index in [0.717, 1.165) is 37.7 Å². The van der Waals surface area contributed by atoms with Crippen molar-refractivity contribution >= 4 is 5.78 Å². The Morgan fingerprint density at radius 1 is 1.17 bits per heavy atom. The van der Waals surface area contributed by atoms with Crippen LogP contribution in [-0.2, 0) is 18.3 Å². The minimum absolute atomic E-state index is 0.00435. The van der Waals surface area contributed by atoms with Gasteiger partial charge in [-0.15, -0.1) is 5.92 Å². The summed E-state index contributed by atoms with van der Waals surface area (Å²) in [4.78, 5) is 12.3. The number of carbonyl (C=O) groups is 1. The van der Waals surface area contributed by atoms with Crippen LogP contribution in [0.25, 0.3) is 0 Å². The first-order valence-corrected chi connectivity index (χ1v) is 10.9. The summed E-state index contributed by atoms with van der Waals surface area (Å²) in [6.07, 6.45) is 5.88. The molecule has 2 nitrogen and oxygen atoms in total. The topological polar surface area (TPSA) is 37.3 Å². The zero-order chi connectivity index (χ0) is 20.5. The van der Waals surface area contributed by atoms with Gasteiger partial charge in [0.15, 0.2) is 5.78 Å². The van der Waals surface area contributed by atoms with Crippen LogP contribution in [0.15, 0.2) is 48.5 Å². The Morgan fingerprint density at radius 3 is 2.69 bits per heavy atom. The molecule has 2 aromatic carbocycles. The van der Waals surface area contributed by atoms with E-state index in [0.29, 0.717) is 18.8 Å². The van der Waals surface area contributed by atoms with Gasteiger partial charge in [-0.1, -0.05) is 55.3 Å². The number of benzene rings is 2. The van der Waals surface area contributed by atoms with Gasteiger partial charge in [0, 0.05) is 17.4 Å². The van der Waals surface area contributed by atoms with E-state index < -0.39 is 5.60 Å². The van der Waals surface area contributed by atoms with E-state index in [2.05, 4.69) is 54.3 Å². The molecule has 1 saturated carbocycles. The molecule has 0 aliphatic heterocycles. The Bertz CT molecular complexity index is 965. The Morgan fingerprint density at radius 2 is 1.97 bits per heavy atom. The molecule has 0 spiro atoms. The summed E-state index contributed by atoms with van der Waals surface area (Å²) in [5.74, 6) is 6.64. The van der Waals surface area contributed by atoms with Crippen molar-refractivity contribution in [2.45, 2.75) is 69.8 Å². The second-order valence-electron chi connectivity index (χ2n) is 8.81. The van der Waals surface area contributed by atoms with Gasteiger partial charge in [0.05, 0.1) is 0 Å². The predicted octanol–water partition coefficient (Wildman–Crippen LogP) is 5.26. The third-order valence-corrected chi connectivity index (χ3v) is 7.12. The Hall–Kier alpha value is -2.37. The summed E-state index contributed by atoms with van der Waals surface area (Å²) in [6.45, 7) is 3.73. The molecule has 1 fully saturated rings. The van der Waals surface area contributed by atoms with Crippen molar-refractivity contribution in [3.8, 4) is 11.8 Å². The number of ketones is 1.